The fraction of sp³-hybridized carbons (Fsp3) is 0.600. The molecule has 0 bridgehead atoms. The Kier molecular flexibility index (Phi) is 5.04. The number of carbonyl (C=O) groups is 1. The van der Waals surface area contributed by atoms with E-state index >= 15 is 0 Å². The van der Waals surface area contributed by atoms with Crippen molar-refractivity contribution in [1.82, 2.24) is 14.9 Å². The van der Waals surface area contributed by atoms with Crippen molar-refractivity contribution in [3.63, 3.8) is 0 Å². The number of aliphatic hydroxyl groups is 1. The number of aromatic nitrogens is 2. The van der Waals surface area contributed by atoms with Gasteiger partial charge in [0.25, 0.3) is 0 Å². The van der Waals surface area contributed by atoms with Crippen LogP contribution in [0.25, 0.3) is 0 Å². The van der Waals surface area contributed by atoms with Crippen LogP contribution in [-0.4, -0.2) is 47.4 Å². The number of aromatic carboxylic acids is 1. The van der Waals surface area contributed by atoms with Gasteiger partial charge in [0.2, 0.25) is 10.0 Å². The number of nitrogens with one attached hydrogen (secondary N) is 2. The summed E-state index contributed by atoms with van der Waals surface area (Å²) in [5, 5.41) is 24.0. The standard InChI is InChI=1S/C10H17N3O5S/c1-3-7(14)4-5-11-19(17,18)9-6(2)12-13-8(9)10(15)16/h7,11,14H,3-5H2,1-2H3,(H,12,13)(H,15,16). The lowest BCUT2D eigenvalue weighted by Crippen LogP contribution is -2.28. The summed E-state index contributed by atoms with van der Waals surface area (Å²) in [5.74, 6) is -1.42. The van der Waals surface area contributed by atoms with Crippen molar-refractivity contribution >= 4 is 16.0 Å². The van der Waals surface area contributed by atoms with Gasteiger partial charge in [-0.05, 0) is 19.8 Å². The highest BCUT2D eigenvalue weighted by Gasteiger charge is 2.27. The van der Waals surface area contributed by atoms with Crippen molar-refractivity contribution in [1.29, 1.82) is 0 Å². The van der Waals surface area contributed by atoms with Gasteiger partial charge in [-0.25, -0.2) is 17.9 Å². The summed E-state index contributed by atoms with van der Waals surface area (Å²) in [6.45, 7) is 3.23. The molecule has 0 spiro atoms. The zero-order valence-corrected chi connectivity index (χ0v) is 11.5. The Balaban J connectivity index is 2.89. The molecule has 1 aromatic heterocycles. The van der Waals surface area contributed by atoms with E-state index in [1.807, 2.05) is 0 Å². The van der Waals surface area contributed by atoms with E-state index in [-0.39, 0.29) is 23.6 Å². The van der Waals surface area contributed by atoms with E-state index in [0.717, 1.165) is 0 Å². The quantitative estimate of drug-likeness (QED) is 0.552. The predicted octanol–water partition coefficient (Wildman–Crippen LogP) is -0.144. The van der Waals surface area contributed by atoms with E-state index in [2.05, 4.69) is 14.9 Å². The van der Waals surface area contributed by atoms with E-state index in [0.29, 0.717) is 6.42 Å². The Morgan fingerprint density at radius 3 is 2.68 bits per heavy atom. The smallest absolute Gasteiger partial charge is 0.357 e. The van der Waals surface area contributed by atoms with Crippen LogP contribution in [0.2, 0.25) is 0 Å². The minimum absolute atomic E-state index is 0.0288. The Hall–Kier alpha value is -1.45. The molecule has 1 aromatic rings. The molecule has 0 aliphatic heterocycles. The highest BCUT2D eigenvalue weighted by Crippen LogP contribution is 2.17. The van der Waals surface area contributed by atoms with E-state index in [9.17, 15) is 18.3 Å². The average molecular weight is 291 g/mol. The molecular formula is C10H17N3O5S. The largest absolute Gasteiger partial charge is 0.476 e. The second-order valence-electron chi connectivity index (χ2n) is 4.08. The van der Waals surface area contributed by atoms with Crippen LogP contribution in [0.15, 0.2) is 4.90 Å². The molecular weight excluding hydrogens is 274 g/mol. The number of nitrogens with zero attached hydrogens (tertiary/aromatic N) is 1. The maximum atomic E-state index is 12.0. The number of aromatic amines is 1. The highest BCUT2D eigenvalue weighted by atomic mass is 32.2. The van der Waals surface area contributed by atoms with Crippen LogP contribution < -0.4 is 4.72 Å². The maximum absolute atomic E-state index is 12.0. The van der Waals surface area contributed by atoms with Crippen LogP contribution in [0.5, 0.6) is 0 Å². The van der Waals surface area contributed by atoms with Crippen molar-refractivity contribution in [2.45, 2.75) is 37.7 Å². The van der Waals surface area contributed by atoms with Crippen LogP contribution >= 0.6 is 0 Å². The van der Waals surface area contributed by atoms with Gasteiger partial charge < -0.3 is 10.2 Å². The summed E-state index contributed by atoms with van der Waals surface area (Å²) in [6.07, 6.45) is 0.189. The van der Waals surface area contributed by atoms with E-state index < -0.39 is 27.8 Å². The highest BCUT2D eigenvalue weighted by molar-refractivity contribution is 7.89. The lowest BCUT2D eigenvalue weighted by molar-refractivity contribution is 0.0686. The number of aryl methyl sites for hydroxylation is 1. The molecule has 1 unspecified atom stereocenters. The summed E-state index contributed by atoms with van der Waals surface area (Å²) in [5.41, 5.74) is -0.387. The molecule has 0 aromatic carbocycles. The summed E-state index contributed by atoms with van der Waals surface area (Å²) >= 11 is 0. The van der Waals surface area contributed by atoms with Gasteiger partial charge in [-0.1, -0.05) is 6.92 Å². The first kappa shape index (κ1) is 15.6. The first-order valence-electron chi connectivity index (χ1n) is 5.75. The third kappa shape index (κ3) is 3.75. The SMILES string of the molecule is CCC(O)CCNS(=O)(=O)c1c(C(=O)O)n[nH]c1C. The fourth-order valence-corrected chi connectivity index (χ4v) is 2.90. The first-order valence-corrected chi connectivity index (χ1v) is 7.24. The van der Waals surface area contributed by atoms with Crippen molar-refractivity contribution in [2.24, 2.45) is 0 Å². The van der Waals surface area contributed by atoms with Gasteiger partial charge in [0.05, 0.1) is 11.8 Å². The minimum Gasteiger partial charge on any atom is -0.476 e. The molecule has 108 valence electrons. The zero-order chi connectivity index (χ0) is 14.6. The first-order chi connectivity index (χ1) is 8.79. The number of carboxylic acid groups (broad SMARTS) is 1. The van der Waals surface area contributed by atoms with Crippen LogP contribution in [0.3, 0.4) is 0 Å². The van der Waals surface area contributed by atoms with Crippen LogP contribution in [0.4, 0.5) is 0 Å². The van der Waals surface area contributed by atoms with Crippen molar-refractivity contribution < 1.29 is 23.4 Å². The topological polar surface area (TPSA) is 132 Å². The molecule has 0 saturated heterocycles. The second kappa shape index (κ2) is 6.13. The molecule has 8 nitrogen and oxygen atoms in total. The Morgan fingerprint density at radius 2 is 2.16 bits per heavy atom. The fourth-order valence-electron chi connectivity index (χ4n) is 1.53. The van der Waals surface area contributed by atoms with E-state index in [1.54, 1.807) is 6.92 Å². The molecule has 0 radical (unpaired) electrons. The third-order valence-electron chi connectivity index (χ3n) is 2.60. The molecule has 0 saturated carbocycles. The Bertz CT molecular complexity index is 552. The average Bonchev–Trinajstić information content (AvgIpc) is 2.71. The molecule has 4 N–H and O–H groups in total. The number of hydrogen-bond acceptors (Lipinski definition) is 5. The predicted molar refractivity (Wildman–Crippen MR) is 66.4 cm³/mol. The summed E-state index contributed by atoms with van der Waals surface area (Å²) in [6, 6.07) is 0. The summed E-state index contributed by atoms with van der Waals surface area (Å²) < 4.78 is 26.2. The number of sulfonamides is 1. The molecule has 1 heterocycles. The van der Waals surface area contributed by atoms with Crippen LogP contribution in [0, 0.1) is 6.92 Å². The lowest BCUT2D eigenvalue weighted by Gasteiger charge is -2.09. The van der Waals surface area contributed by atoms with Crippen molar-refractivity contribution in [3.8, 4) is 0 Å². The summed E-state index contributed by atoms with van der Waals surface area (Å²) in [7, 11) is -3.96. The van der Waals surface area contributed by atoms with Gasteiger partial charge >= 0.3 is 5.97 Å². The number of hydrogen-bond donors (Lipinski definition) is 4. The maximum Gasteiger partial charge on any atom is 0.357 e. The van der Waals surface area contributed by atoms with Gasteiger partial charge in [0.1, 0.15) is 4.90 Å². The summed E-state index contributed by atoms with van der Waals surface area (Å²) in [4.78, 5) is 10.5. The molecule has 0 aliphatic carbocycles. The van der Waals surface area contributed by atoms with Gasteiger partial charge in [-0.2, -0.15) is 5.10 Å². The number of aliphatic hydroxyl groups excluding tert-OH is 1. The molecule has 1 atom stereocenters. The molecule has 19 heavy (non-hydrogen) atoms. The van der Waals surface area contributed by atoms with Crippen molar-refractivity contribution in [3.05, 3.63) is 11.4 Å². The second-order valence-corrected chi connectivity index (χ2v) is 5.78. The zero-order valence-electron chi connectivity index (χ0n) is 10.7. The number of carboxylic acids is 1. The molecule has 1 rings (SSSR count). The van der Waals surface area contributed by atoms with Crippen LogP contribution in [0.1, 0.15) is 35.9 Å². The lowest BCUT2D eigenvalue weighted by atomic mass is 10.2. The van der Waals surface area contributed by atoms with Crippen molar-refractivity contribution in [2.75, 3.05) is 6.54 Å². The monoisotopic (exact) mass is 291 g/mol. The molecule has 0 fully saturated rings. The molecule has 0 aliphatic rings. The molecule has 9 heteroatoms. The minimum atomic E-state index is -3.96. The van der Waals surface area contributed by atoms with E-state index in [1.165, 1.54) is 6.92 Å². The van der Waals surface area contributed by atoms with E-state index in [4.69, 9.17) is 5.11 Å². The number of H-pyrrole nitrogens is 1. The third-order valence-corrected chi connectivity index (χ3v) is 4.22. The molecule has 0 amide bonds. The van der Waals surface area contributed by atoms with Gasteiger partial charge in [-0.3, -0.25) is 5.10 Å². The van der Waals surface area contributed by atoms with Gasteiger partial charge in [0, 0.05) is 6.54 Å². The normalized spacial score (nSPS) is 13.4. The van der Waals surface area contributed by atoms with Gasteiger partial charge in [-0.15, -0.1) is 0 Å². The van der Waals surface area contributed by atoms with Gasteiger partial charge in [0.15, 0.2) is 5.69 Å². The Labute approximate surface area is 110 Å². The van der Waals surface area contributed by atoms with Crippen LogP contribution in [-0.2, 0) is 10.0 Å². The number of rotatable bonds is 7. The Morgan fingerprint density at radius 1 is 1.53 bits per heavy atom.